The second-order valence-electron chi connectivity index (χ2n) is 3.40. The molecule has 0 radical (unpaired) electrons. The number of pyridine rings is 1. The molecule has 2 aromatic heterocycles. The van der Waals surface area contributed by atoms with Crippen molar-refractivity contribution in [2.75, 3.05) is 13.7 Å². The van der Waals surface area contributed by atoms with Crippen molar-refractivity contribution in [2.24, 2.45) is 0 Å². The lowest BCUT2D eigenvalue weighted by Gasteiger charge is -2.00. The Hall–Kier alpha value is -1.46. The molecule has 2 rings (SSSR count). The second-order valence-corrected chi connectivity index (χ2v) is 4.19. The van der Waals surface area contributed by atoms with Gasteiger partial charge in [0, 0.05) is 5.39 Å². The molecule has 2 aromatic rings. The lowest BCUT2D eigenvalue weighted by Crippen LogP contribution is -2.05. The van der Waals surface area contributed by atoms with Crippen molar-refractivity contribution in [3.63, 3.8) is 0 Å². The fourth-order valence-electron chi connectivity index (χ4n) is 1.60. The van der Waals surface area contributed by atoms with Gasteiger partial charge in [0.05, 0.1) is 30.0 Å². The zero-order valence-electron chi connectivity index (χ0n) is 9.71. The summed E-state index contributed by atoms with van der Waals surface area (Å²) >= 11 is 12.1. The summed E-state index contributed by atoms with van der Waals surface area (Å²) in [5.41, 5.74) is 0.611. The quantitative estimate of drug-likeness (QED) is 0.882. The van der Waals surface area contributed by atoms with Crippen LogP contribution in [0.15, 0.2) is 6.20 Å². The van der Waals surface area contributed by atoms with Crippen molar-refractivity contribution < 1.29 is 14.3 Å². The zero-order valence-corrected chi connectivity index (χ0v) is 11.2. The van der Waals surface area contributed by atoms with Crippen LogP contribution in [-0.2, 0) is 4.74 Å². The van der Waals surface area contributed by atoms with Gasteiger partial charge in [-0.05, 0) is 6.92 Å². The van der Waals surface area contributed by atoms with E-state index < -0.39 is 5.97 Å². The van der Waals surface area contributed by atoms with Crippen LogP contribution in [0.1, 0.15) is 17.4 Å². The standard InChI is InChI=1S/C11H10Cl2N2O3/c1-3-18-11(16)9-7(13)6-5(12)4-14-10(17-2)8(6)15-9/h4,15H,3H2,1-2H3. The number of hydrogen-bond donors (Lipinski definition) is 1. The smallest absolute Gasteiger partial charge is 0.356 e. The predicted octanol–water partition coefficient (Wildman–Crippen LogP) is 3.06. The number of methoxy groups -OCH3 is 1. The number of esters is 1. The first kappa shape index (κ1) is 13.0. The molecule has 0 amide bonds. The molecule has 1 N–H and O–H groups in total. The number of halogens is 2. The second kappa shape index (κ2) is 5.04. The Balaban J connectivity index is 2.68. The highest BCUT2D eigenvalue weighted by Gasteiger charge is 2.22. The molecule has 0 aliphatic carbocycles. The van der Waals surface area contributed by atoms with Crippen LogP contribution in [0.2, 0.25) is 10.0 Å². The third kappa shape index (κ3) is 2.00. The van der Waals surface area contributed by atoms with Crippen LogP contribution < -0.4 is 4.74 Å². The minimum absolute atomic E-state index is 0.140. The Morgan fingerprint density at radius 2 is 2.22 bits per heavy atom. The number of rotatable bonds is 3. The fourth-order valence-corrected chi connectivity index (χ4v) is 2.21. The minimum Gasteiger partial charge on any atom is -0.479 e. The van der Waals surface area contributed by atoms with Gasteiger partial charge < -0.3 is 14.5 Å². The van der Waals surface area contributed by atoms with E-state index >= 15 is 0 Å². The first-order valence-corrected chi connectivity index (χ1v) is 5.92. The average Bonchev–Trinajstić information content (AvgIpc) is 2.69. The molecule has 5 nitrogen and oxygen atoms in total. The van der Waals surface area contributed by atoms with Crippen LogP contribution in [-0.4, -0.2) is 29.7 Å². The molecule has 0 aromatic carbocycles. The summed E-state index contributed by atoms with van der Waals surface area (Å²) in [5, 5.41) is 1.03. The molecule has 0 saturated carbocycles. The van der Waals surface area contributed by atoms with Crippen LogP contribution >= 0.6 is 23.2 Å². The molecular weight excluding hydrogens is 279 g/mol. The number of fused-ring (bicyclic) bond motifs is 1. The molecule has 0 spiro atoms. The van der Waals surface area contributed by atoms with Crippen molar-refractivity contribution in [3.05, 3.63) is 21.9 Å². The van der Waals surface area contributed by atoms with E-state index in [0.717, 1.165) is 0 Å². The Kier molecular flexibility index (Phi) is 3.63. The first-order chi connectivity index (χ1) is 8.60. The number of carbonyl (C=O) groups excluding carboxylic acids is 1. The molecule has 0 aliphatic heterocycles. The van der Waals surface area contributed by atoms with Gasteiger partial charge in [-0.1, -0.05) is 23.2 Å². The van der Waals surface area contributed by atoms with Crippen LogP contribution in [0, 0.1) is 0 Å². The maximum absolute atomic E-state index is 11.7. The Morgan fingerprint density at radius 3 is 2.83 bits per heavy atom. The average molecular weight is 289 g/mol. The highest BCUT2D eigenvalue weighted by Crippen LogP contribution is 2.36. The summed E-state index contributed by atoms with van der Waals surface area (Å²) in [5.74, 6) is -0.233. The van der Waals surface area contributed by atoms with Crippen LogP contribution in [0.3, 0.4) is 0 Å². The van der Waals surface area contributed by atoms with Gasteiger partial charge in [0.1, 0.15) is 11.2 Å². The van der Waals surface area contributed by atoms with E-state index in [0.29, 0.717) is 21.8 Å². The van der Waals surface area contributed by atoms with E-state index in [1.165, 1.54) is 13.3 Å². The minimum atomic E-state index is -0.545. The molecular formula is C11H10Cl2N2O3. The zero-order chi connectivity index (χ0) is 13.3. The number of ether oxygens (including phenoxy) is 2. The van der Waals surface area contributed by atoms with Gasteiger partial charge in [0.15, 0.2) is 0 Å². The number of nitrogens with zero attached hydrogens (tertiary/aromatic N) is 1. The van der Waals surface area contributed by atoms with Gasteiger partial charge in [0.2, 0.25) is 5.88 Å². The predicted molar refractivity (Wildman–Crippen MR) is 68.6 cm³/mol. The van der Waals surface area contributed by atoms with E-state index in [1.54, 1.807) is 6.92 Å². The Morgan fingerprint density at radius 1 is 1.50 bits per heavy atom. The summed E-state index contributed by atoms with van der Waals surface area (Å²) in [6, 6.07) is 0. The molecule has 0 unspecified atom stereocenters. The normalized spacial score (nSPS) is 10.7. The molecule has 0 bridgehead atoms. The van der Waals surface area contributed by atoms with Crippen molar-refractivity contribution in [2.45, 2.75) is 6.92 Å². The van der Waals surface area contributed by atoms with Crippen molar-refractivity contribution in [3.8, 4) is 5.88 Å². The van der Waals surface area contributed by atoms with Gasteiger partial charge in [-0.2, -0.15) is 0 Å². The third-order valence-electron chi connectivity index (χ3n) is 2.36. The van der Waals surface area contributed by atoms with E-state index in [4.69, 9.17) is 32.7 Å². The molecule has 7 heteroatoms. The number of hydrogen-bond acceptors (Lipinski definition) is 4. The van der Waals surface area contributed by atoms with Gasteiger partial charge in [-0.3, -0.25) is 0 Å². The lowest BCUT2D eigenvalue weighted by atomic mass is 10.3. The Labute approximate surface area is 113 Å². The number of nitrogens with one attached hydrogen (secondary N) is 1. The molecule has 18 heavy (non-hydrogen) atoms. The van der Waals surface area contributed by atoms with Gasteiger partial charge in [-0.15, -0.1) is 0 Å². The molecule has 0 saturated heterocycles. The van der Waals surface area contributed by atoms with Gasteiger partial charge in [-0.25, -0.2) is 9.78 Å². The lowest BCUT2D eigenvalue weighted by molar-refractivity contribution is 0.0521. The highest BCUT2D eigenvalue weighted by molar-refractivity contribution is 6.44. The monoisotopic (exact) mass is 288 g/mol. The van der Waals surface area contributed by atoms with Crippen molar-refractivity contribution >= 4 is 40.1 Å². The number of carbonyl (C=O) groups is 1. The van der Waals surface area contributed by atoms with E-state index in [2.05, 4.69) is 9.97 Å². The summed E-state index contributed by atoms with van der Waals surface area (Å²) in [7, 11) is 1.47. The summed E-state index contributed by atoms with van der Waals surface area (Å²) < 4.78 is 9.97. The van der Waals surface area contributed by atoms with Crippen molar-refractivity contribution in [1.82, 2.24) is 9.97 Å². The summed E-state index contributed by atoms with van der Waals surface area (Å²) in [6.45, 7) is 1.97. The topological polar surface area (TPSA) is 64.2 Å². The van der Waals surface area contributed by atoms with Gasteiger partial charge in [0.25, 0.3) is 0 Å². The highest BCUT2D eigenvalue weighted by atomic mass is 35.5. The van der Waals surface area contributed by atoms with Crippen molar-refractivity contribution in [1.29, 1.82) is 0 Å². The van der Waals surface area contributed by atoms with Crippen LogP contribution in [0.5, 0.6) is 5.88 Å². The molecule has 96 valence electrons. The third-order valence-corrected chi connectivity index (χ3v) is 3.02. The molecule has 0 aliphatic rings. The summed E-state index contributed by atoms with van der Waals surface area (Å²) in [6.07, 6.45) is 1.41. The molecule has 0 atom stereocenters. The van der Waals surface area contributed by atoms with Crippen LogP contribution in [0.4, 0.5) is 0 Å². The molecule has 2 heterocycles. The Bertz CT molecular complexity index is 610. The van der Waals surface area contributed by atoms with E-state index in [9.17, 15) is 4.79 Å². The SMILES string of the molecule is CCOC(=O)c1[nH]c2c(OC)ncc(Cl)c2c1Cl. The van der Waals surface area contributed by atoms with Crippen LogP contribution in [0.25, 0.3) is 10.9 Å². The maximum atomic E-state index is 11.7. The number of aromatic nitrogens is 2. The van der Waals surface area contributed by atoms with E-state index in [-0.39, 0.29) is 17.3 Å². The summed E-state index contributed by atoms with van der Waals surface area (Å²) in [4.78, 5) is 18.5. The number of H-pyrrole nitrogens is 1. The van der Waals surface area contributed by atoms with E-state index in [1.807, 2.05) is 0 Å². The molecule has 0 fully saturated rings. The largest absolute Gasteiger partial charge is 0.479 e. The fraction of sp³-hybridized carbons (Fsp3) is 0.273. The van der Waals surface area contributed by atoms with Gasteiger partial charge >= 0.3 is 5.97 Å². The number of aromatic amines is 1. The maximum Gasteiger partial charge on any atom is 0.356 e. The first-order valence-electron chi connectivity index (χ1n) is 5.16.